The molecule has 2 saturated heterocycles. The van der Waals surface area contributed by atoms with E-state index in [9.17, 15) is 13.2 Å². The van der Waals surface area contributed by atoms with E-state index in [0.29, 0.717) is 17.9 Å². The fourth-order valence-corrected chi connectivity index (χ4v) is 6.29. The third-order valence-corrected chi connectivity index (χ3v) is 8.73. The van der Waals surface area contributed by atoms with E-state index in [-0.39, 0.29) is 29.8 Å². The van der Waals surface area contributed by atoms with Crippen LogP contribution in [0.1, 0.15) is 42.2 Å². The van der Waals surface area contributed by atoms with Gasteiger partial charge in [0.15, 0.2) is 22.5 Å². The lowest BCUT2D eigenvalue weighted by molar-refractivity contribution is 0.0610. The lowest BCUT2D eigenvalue weighted by Gasteiger charge is -2.47. The molecule has 0 aliphatic carbocycles. The van der Waals surface area contributed by atoms with Crippen LogP contribution in [-0.2, 0) is 16.6 Å². The topological polar surface area (TPSA) is 137 Å². The van der Waals surface area contributed by atoms with Gasteiger partial charge in [-0.05, 0) is 50.0 Å². The number of anilines is 2. The summed E-state index contributed by atoms with van der Waals surface area (Å²) in [6, 6.07) is 8.96. The number of carbonyl (C=O) groups is 1. The van der Waals surface area contributed by atoms with Crippen molar-refractivity contribution in [2.24, 2.45) is 0 Å². The van der Waals surface area contributed by atoms with Crippen molar-refractivity contribution in [2.45, 2.75) is 44.8 Å². The second-order valence-electron chi connectivity index (χ2n) is 10.4. The Hall–Kier alpha value is -2.22. The van der Waals surface area contributed by atoms with Gasteiger partial charge in [-0.3, -0.25) is 14.6 Å². The molecular formula is C26H38Cl2N8O3S. The number of rotatable bonds is 10. The van der Waals surface area contributed by atoms with Gasteiger partial charge in [0, 0.05) is 56.4 Å². The Kier molecular flexibility index (Phi) is 10.5. The second-order valence-corrected chi connectivity index (χ2v) is 13.0. The zero-order chi connectivity index (χ0) is 28.9. The number of benzene rings is 1. The third-order valence-electron chi connectivity index (χ3n) is 7.50. The molecule has 0 spiro atoms. The van der Waals surface area contributed by atoms with Crippen LogP contribution in [0.4, 0.5) is 11.6 Å². The smallest absolute Gasteiger partial charge is 0.273 e. The van der Waals surface area contributed by atoms with Crippen LogP contribution in [0.25, 0.3) is 0 Å². The maximum atomic E-state index is 12.5. The number of nitrogens with two attached hydrogens (primary N) is 1. The van der Waals surface area contributed by atoms with Crippen molar-refractivity contribution in [2.75, 3.05) is 62.7 Å². The fourth-order valence-electron chi connectivity index (χ4n) is 5.45. The molecule has 40 heavy (non-hydrogen) atoms. The first kappa shape index (κ1) is 30.7. The molecule has 4 N–H and O–H groups in total. The van der Waals surface area contributed by atoms with Crippen LogP contribution in [0.2, 0.25) is 10.2 Å². The zero-order valence-corrected chi connectivity index (χ0v) is 25.3. The summed E-state index contributed by atoms with van der Waals surface area (Å²) in [5, 5.41) is 3.46. The van der Waals surface area contributed by atoms with E-state index in [0.717, 1.165) is 69.8 Å². The van der Waals surface area contributed by atoms with E-state index in [2.05, 4.69) is 53.8 Å². The monoisotopic (exact) mass is 612 g/mol. The number of hydrogen-bond acceptors (Lipinski definition) is 9. The molecule has 0 bridgehead atoms. The van der Waals surface area contributed by atoms with Crippen LogP contribution in [0, 0.1) is 0 Å². The maximum absolute atomic E-state index is 12.5. The number of nitrogen functional groups attached to an aromatic ring is 1. The van der Waals surface area contributed by atoms with E-state index >= 15 is 0 Å². The number of piperidine rings is 1. The van der Waals surface area contributed by atoms with Gasteiger partial charge in [0.2, 0.25) is 10.0 Å². The van der Waals surface area contributed by atoms with Gasteiger partial charge in [-0.25, -0.2) is 23.1 Å². The molecule has 2 aliphatic heterocycles. The Balaban J connectivity index is 1.32. The molecule has 2 fully saturated rings. The molecule has 0 radical (unpaired) electrons. The van der Waals surface area contributed by atoms with Crippen LogP contribution in [0.15, 0.2) is 24.3 Å². The van der Waals surface area contributed by atoms with Gasteiger partial charge in [0.25, 0.3) is 5.91 Å². The number of halogens is 2. The van der Waals surface area contributed by atoms with Crippen molar-refractivity contribution in [3.05, 3.63) is 45.7 Å². The van der Waals surface area contributed by atoms with Gasteiger partial charge in [0.05, 0.1) is 6.26 Å². The molecule has 0 unspecified atom stereocenters. The Bertz CT molecular complexity index is 1270. The van der Waals surface area contributed by atoms with E-state index in [1.807, 2.05) is 12.1 Å². The molecule has 14 heteroatoms. The average Bonchev–Trinajstić information content (AvgIpc) is 2.93. The van der Waals surface area contributed by atoms with Crippen LogP contribution >= 0.6 is 23.2 Å². The largest absolute Gasteiger partial charge is 0.382 e. The van der Waals surface area contributed by atoms with E-state index in [1.165, 1.54) is 5.56 Å². The summed E-state index contributed by atoms with van der Waals surface area (Å²) in [4.78, 5) is 28.5. The quantitative estimate of drug-likeness (QED) is 0.345. The number of nitrogens with one attached hydrogen (secondary N) is 2. The van der Waals surface area contributed by atoms with Crippen LogP contribution < -0.4 is 20.7 Å². The second kappa shape index (κ2) is 13.6. The first-order chi connectivity index (χ1) is 19.0. The van der Waals surface area contributed by atoms with Crippen molar-refractivity contribution in [1.29, 1.82) is 0 Å². The molecule has 4 rings (SSSR count). The molecule has 2 aliphatic rings. The average molecular weight is 614 g/mol. The molecule has 0 saturated carbocycles. The number of carbonyl (C=O) groups excluding carboxylic acids is 1. The molecule has 1 amide bonds. The highest BCUT2D eigenvalue weighted by Gasteiger charge is 2.34. The third kappa shape index (κ3) is 8.17. The maximum Gasteiger partial charge on any atom is 0.273 e. The highest BCUT2D eigenvalue weighted by atomic mass is 35.5. The molecule has 1 aromatic heterocycles. The van der Waals surface area contributed by atoms with Crippen LogP contribution in [0.5, 0.6) is 0 Å². The minimum atomic E-state index is -3.34. The predicted octanol–water partition coefficient (Wildman–Crippen LogP) is 2.21. The highest BCUT2D eigenvalue weighted by molar-refractivity contribution is 7.88. The summed E-state index contributed by atoms with van der Waals surface area (Å²) in [5.74, 6) is -0.103. The molecule has 3 heterocycles. The number of sulfonamides is 1. The normalized spacial score (nSPS) is 19.6. The van der Waals surface area contributed by atoms with Crippen molar-refractivity contribution in [3.8, 4) is 0 Å². The van der Waals surface area contributed by atoms with Crippen LogP contribution in [-0.4, -0.2) is 98.2 Å². The van der Waals surface area contributed by atoms with Crippen molar-refractivity contribution in [1.82, 2.24) is 29.8 Å². The summed E-state index contributed by atoms with van der Waals surface area (Å²) < 4.78 is 24.7. The first-order valence-corrected chi connectivity index (χ1v) is 16.2. The lowest BCUT2D eigenvalue weighted by atomic mass is 9.98. The summed E-state index contributed by atoms with van der Waals surface area (Å²) in [5.41, 5.74) is 7.31. The first-order valence-electron chi connectivity index (χ1n) is 13.6. The van der Waals surface area contributed by atoms with Crippen LogP contribution in [0.3, 0.4) is 0 Å². The number of likely N-dealkylation sites (tertiary alicyclic amines) is 1. The molecule has 2 aromatic rings. The summed E-state index contributed by atoms with van der Waals surface area (Å²) in [6.07, 6.45) is 4.29. The summed E-state index contributed by atoms with van der Waals surface area (Å²) in [7, 11) is -3.34. The van der Waals surface area contributed by atoms with Crippen molar-refractivity contribution >= 4 is 50.8 Å². The fraction of sp³-hybridized carbons (Fsp3) is 0.577. The van der Waals surface area contributed by atoms with E-state index in [1.54, 1.807) is 0 Å². The molecular weight excluding hydrogens is 575 g/mol. The van der Waals surface area contributed by atoms with E-state index < -0.39 is 15.9 Å². The van der Waals surface area contributed by atoms with Crippen molar-refractivity contribution < 1.29 is 13.2 Å². The SMILES string of the molecule is CC[C@H]1CN(c2nc(N)c(C(=O)NCCNS(C)(=O)=O)nc2Cl)CCN1C1CCN(Cc2ccc(Cl)cc2)CC1. The highest BCUT2D eigenvalue weighted by Crippen LogP contribution is 2.30. The lowest BCUT2D eigenvalue weighted by Crippen LogP contribution is -2.58. The molecule has 11 nitrogen and oxygen atoms in total. The molecule has 220 valence electrons. The molecule has 1 aromatic carbocycles. The minimum Gasteiger partial charge on any atom is -0.382 e. The number of nitrogens with zero attached hydrogens (tertiary/aromatic N) is 5. The Morgan fingerprint density at radius 3 is 2.42 bits per heavy atom. The number of hydrogen-bond donors (Lipinski definition) is 3. The van der Waals surface area contributed by atoms with E-state index in [4.69, 9.17) is 28.9 Å². The Labute approximate surface area is 246 Å². The summed E-state index contributed by atoms with van der Waals surface area (Å²) in [6.45, 7) is 7.76. The van der Waals surface area contributed by atoms with Gasteiger partial charge in [0.1, 0.15) is 0 Å². The number of piperazine rings is 1. The number of aromatic nitrogens is 2. The standard InChI is InChI=1S/C26H38Cl2N8O3S/c1-3-20-17-35(25-23(28)32-22(24(29)33-25)26(37)30-10-11-31-40(2,38)39)14-15-36(20)21-8-12-34(13-9-21)16-18-4-6-19(27)7-5-18/h4-7,20-21,31H,3,8-17H2,1-2H3,(H2,29,33)(H,30,37)/t20-/m0/s1. The van der Waals surface area contributed by atoms with Gasteiger partial charge in [-0.15, -0.1) is 0 Å². The zero-order valence-electron chi connectivity index (χ0n) is 22.9. The van der Waals surface area contributed by atoms with Gasteiger partial charge < -0.3 is 16.0 Å². The Morgan fingerprint density at radius 2 is 1.77 bits per heavy atom. The van der Waals surface area contributed by atoms with Gasteiger partial charge >= 0.3 is 0 Å². The summed E-state index contributed by atoms with van der Waals surface area (Å²) >= 11 is 12.5. The van der Waals surface area contributed by atoms with Gasteiger partial charge in [-0.1, -0.05) is 42.3 Å². The Morgan fingerprint density at radius 1 is 1.07 bits per heavy atom. The molecule has 1 atom stereocenters. The van der Waals surface area contributed by atoms with Gasteiger partial charge in [-0.2, -0.15) is 0 Å². The van der Waals surface area contributed by atoms with Crippen molar-refractivity contribution in [3.63, 3.8) is 0 Å². The predicted molar refractivity (Wildman–Crippen MR) is 159 cm³/mol. The minimum absolute atomic E-state index is 0.0171. The number of amides is 1.